The van der Waals surface area contributed by atoms with Crippen LogP contribution >= 0.6 is 0 Å². The summed E-state index contributed by atoms with van der Waals surface area (Å²) in [5, 5.41) is 3.00. The fourth-order valence-electron chi connectivity index (χ4n) is 3.30. The van der Waals surface area contributed by atoms with E-state index in [0.29, 0.717) is 5.56 Å². The second-order valence-electron chi connectivity index (χ2n) is 6.53. The second-order valence-corrected chi connectivity index (χ2v) is 6.53. The molecule has 1 N–H and O–H groups in total. The molecule has 0 saturated heterocycles. The van der Waals surface area contributed by atoms with Crippen molar-refractivity contribution in [2.45, 2.75) is 12.8 Å². The maximum Gasteiger partial charge on any atom is 0.255 e. The number of benzene rings is 2. The molecule has 5 heteroatoms. The van der Waals surface area contributed by atoms with Gasteiger partial charge in [0.2, 0.25) is 0 Å². The van der Waals surface area contributed by atoms with Crippen LogP contribution in [0.5, 0.6) is 0 Å². The van der Waals surface area contributed by atoms with Gasteiger partial charge in [-0.2, -0.15) is 0 Å². The molecule has 1 amide bonds. The minimum atomic E-state index is -0.112. The Kier molecular flexibility index (Phi) is 4.35. The third-order valence-corrected chi connectivity index (χ3v) is 4.74. The van der Waals surface area contributed by atoms with Crippen molar-refractivity contribution in [2.24, 2.45) is 0 Å². The van der Waals surface area contributed by atoms with Crippen molar-refractivity contribution in [1.82, 2.24) is 9.97 Å². The minimum absolute atomic E-state index is 0.112. The van der Waals surface area contributed by atoms with Gasteiger partial charge >= 0.3 is 0 Å². The van der Waals surface area contributed by atoms with Crippen LogP contribution in [0.15, 0.2) is 61.2 Å². The Hall–Kier alpha value is -3.21. The zero-order valence-electron chi connectivity index (χ0n) is 14.6. The molecule has 0 aliphatic carbocycles. The first-order valence-electron chi connectivity index (χ1n) is 8.71. The number of hydrogen-bond acceptors (Lipinski definition) is 4. The van der Waals surface area contributed by atoms with Gasteiger partial charge in [-0.25, -0.2) is 9.97 Å². The summed E-state index contributed by atoms with van der Waals surface area (Å²) in [5.74, 6) is -0.112. The molecule has 0 fully saturated rings. The molecule has 1 aliphatic rings. The number of rotatable bonds is 3. The van der Waals surface area contributed by atoms with Crippen LogP contribution < -0.4 is 10.2 Å². The summed E-state index contributed by atoms with van der Waals surface area (Å²) < 4.78 is 0. The molecule has 0 spiro atoms. The summed E-state index contributed by atoms with van der Waals surface area (Å²) in [6.07, 6.45) is 7.28. The lowest BCUT2D eigenvalue weighted by molar-refractivity contribution is 0.102. The van der Waals surface area contributed by atoms with Gasteiger partial charge in [0.05, 0.1) is 0 Å². The van der Waals surface area contributed by atoms with E-state index in [1.54, 1.807) is 12.4 Å². The topological polar surface area (TPSA) is 58.1 Å². The molecule has 0 bridgehead atoms. The highest BCUT2D eigenvalue weighted by molar-refractivity contribution is 6.04. The van der Waals surface area contributed by atoms with Gasteiger partial charge in [-0.15, -0.1) is 0 Å². The van der Waals surface area contributed by atoms with E-state index in [1.165, 1.54) is 24.0 Å². The average molecular weight is 344 g/mol. The molecule has 1 aromatic heterocycles. The molecule has 5 nitrogen and oxygen atoms in total. The summed E-state index contributed by atoms with van der Waals surface area (Å²) in [4.78, 5) is 22.8. The highest BCUT2D eigenvalue weighted by Crippen LogP contribution is 2.29. The van der Waals surface area contributed by atoms with Crippen molar-refractivity contribution in [3.8, 4) is 11.1 Å². The standard InChI is InChI=1S/C21H20N4O/c1-25-10-2-3-16-8-9-19(11-20(16)25)24-21(26)17-6-4-15(5-7-17)18-12-22-14-23-13-18/h4-9,11-14H,2-3,10H2,1H3,(H,24,26). The lowest BCUT2D eigenvalue weighted by atomic mass is 10.0. The van der Waals surface area contributed by atoms with Crippen LogP contribution in [0, 0.1) is 0 Å². The molecule has 2 heterocycles. The van der Waals surface area contributed by atoms with Crippen LogP contribution in [0.1, 0.15) is 22.3 Å². The van der Waals surface area contributed by atoms with E-state index in [0.717, 1.165) is 29.8 Å². The van der Waals surface area contributed by atoms with Gasteiger partial charge in [0.1, 0.15) is 6.33 Å². The molecule has 2 aromatic carbocycles. The highest BCUT2D eigenvalue weighted by Gasteiger charge is 2.15. The average Bonchev–Trinajstić information content (AvgIpc) is 2.69. The van der Waals surface area contributed by atoms with Crippen molar-refractivity contribution in [3.63, 3.8) is 0 Å². The number of fused-ring (bicyclic) bond motifs is 1. The number of carbonyl (C=O) groups is 1. The molecule has 0 radical (unpaired) electrons. The van der Waals surface area contributed by atoms with Crippen molar-refractivity contribution in [2.75, 3.05) is 23.8 Å². The smallest absolute Gasteiger partial charge is 0.255 e. The summed E-state index contributed by atoms with van der Waals surface area (Å²) in [5.41, 5.74) is 5.90. The van der Waals surface area contributed by atoms with E-state index in [-0.39, 0.29) is 5.91 Å². The number of nitrogens with zero attached hydrogens (tertiary/aromatic N) is 3. The van der Waals surface area contributed by atoms with Gasteiger partial charge < -0.3 is 10.2 Å². The van der Waals surface area contributed by atoms with Crippen LogP contribution in [0.3, 0.4) is 0 Å². The number of amides is 1. The number of aromatic nitrogens is 2. The van der Waals surface area contributed by atoms with E-state index in [9.17, 15) is 4.79 Å². The third-order valence-electron chi connectivity index (χ3n) is 4.74. The number of carbonyl (C=O) groups excluding carboxylic acids is 1. The molecule has 26 heavy (non-hydrogen) atoms. The Labute approximate surface area is 152 Å². The van der Waals surface area contributed by atoms with E-state index < -0.39 is 0 Å². The van der Waals surface area contributed by atoms with Crippen LogP contribution in [-0.4, -0.2) is 29.5 Å². The summed E-state index contributed by atoms with van der Waals surface area (Å²) in [6.45, 7) is 1.05. The van der Waals surface area contributed by atoms with E-state index in [2.05, 4.69) is 39.4 Å². The first-order chi connectivity index (χ1) is 12.7. The zero-order chi connectivity index (χ0) is 17.9. The van der Waals surface area contributed by atoms with Gasteiger partial charge in [-0.05, 0) is 48.2 Å². The second kappa shape index (κ2) is 6.96. The molecule has 1 aliphatic heterocycles. The first kappa shape index (κ1) is 16.3. The quantitative estimate of drug-likeness (QED) is 0.785. The maximum absolute atomic E-state index is 12.6. The summed E-state index contributed by atoms with van der Waals surface area (Å²) >= 11 is 0. The summed E-state index contributed by atoms with van der Waals surface area (Å²) in [6, 6.07) is 13.6. The normalized spacial score (nSPS) is 13.2. The Balaban J connectivity index is 1.51. The van der Waals surface area contributed by atoms with Crippen molar-refractivity contribution < 1.29 is 4.79 Å². The molecular weight excluding hydrogens is 324 g/mol. The fraction of sp³-hybridized carbons (Fsp3) is 0.190. The summed E-state index contributed by atoms with van der Waals surface area (Å²) in [7, 11) is 2.09. The Morgan fingerprint density at radius 2 is 1.81 bits per heavy atom. The lowest BCUT2D eigenvalue weighted by Crippen LogP contribution is -2.24. The molecule has 0 atom stereocenters. The monoisotopic (exact) mass is 344 g/mol. The van der Waals surface area contributed by atoms with Gasteiger partial charge in [0.25, 0.3) is 5.91 Å². The molecule has 0 unspecified atom stereocenters. The Morgan fingerprint density at radius 3 is 2.58 bits per heavy atom. The van der Waals surface area contributed by atoms with Crippen LogP contribution in [-0.2, 0) is 6.42 Å². The molecule has 4 rings (SSSR count). The SMILES string of the molecule is CN1CCCc2ccc(NC(=O)c3ccc(-c4cncnc4)cc3)cc21. The van der Waals surface area contributed by atoms with Gasteiger partial charge in [0.15, 0.2) is 0 Å². The van der Waals surface area contributed by atoms with Gasteiger partial charge in [0, 0.05) is 48.5 Å². The number of hydrogen-bond donors (Lipinski definition) is 1. The van der Waals surface area contributed by atoms with Crippen LogP contribution in [0.4, 0.5) is 11.4 Å². The lowest BCUT2D eigenvalue weighted by Gasteiger charge is -2.28. The minimum Gasteiger partial charge on any atom is -0.374 e. The van der Waals surface area contributed by atoms with E-state index in [4.69, 9.17) is 0 Å². The molecule has 3 aromatic rings. The molecule has 130 valence electrons. The van der Waals surface area contributed by atoms with Crippen LogP contribution in [0.25, 0.3) is 11.1 Å². The van der Waals surface area contributed by atoms with Crippen molar-refractivity contribution >= 4 is 17.3 Å². The zero-order valence-corrected chi connectivity index (χ0v) is 14.6. The third kappa shape index (κ3) is 3.28. The largest absolute Gasteiger partial charge is 0.374 e. The van der Waals surface area contributed by atoms with E-state index >= 15 is 0 Å². The predicted molar refractivity (Wildman–Crippen MR) is 103 cm³/mol. The Bertz CT molecular complexity index is 923. The first-order valence-corrected chi connectivity index (χ1v) is 8.71. The van der Waals surface area contributed by atoms with Crippen LogP contribution in [0.2, 0.25) is 0 Å². The van der Waals surface area contributed by atoms with Gasteiger partial charge in [-0.3, -0.25) is 4.79 Å². The maximum atomic E-state index is 12.6. The van der Waals surface area contributed by atoms with Gasteiger partial charge in [-0.1, -0.05) is 18.2 Å². The highest BCUT2D eigenvalue weighted by atomic mass is 16.1. The van der Waals surface area contributed by atoms with Crippen molar-refractivity contribution in [1.29, 1.82) is 0 Å². The number of anilines is 2. The number of nitrogens with one attached hydrogen (secondary N) is 1. The van der Waals surface area contributed by atoms with Crippen molar-refractivity contribution in [3.05, 3.63) is 72.3 Å². The Morgan fingerprint density at radius 1 is 1.04 bits per heavy atom. The predicted octanol–water partition coefficient (Wildman–Crippen LogP) is 3.78. The van der Waals surface area contributed by atoms with E-state index in [1.807, 2.05) is 30.3 Å². The fourth-order valence-corrected chi connectivity index (χ4v) is 3.30. The molecule has 0 saturated carbocycles. The molecular formula is C21H20N4O. The number of aryl methyl sites for hydroxylation is 1.